The van der Waals surface area contributed by atoms with Crippen molar-refractivity contribution < 1.29 is 33.3 Å². The van der Waals surface area contributed by atoms with E-state index in [0.29, 0.717) is 5.75 Å². The predicted octanol–water partition coefficient (Wildman–Crippen LogP) is 5.90. The Hall–Kier alpha value is -5.11. The highest BCUT2D eigenvalue weighted by atomic mass is 16.5. The van der Waals surface area contributed by atoms with Gasteiger partial charge in [-0.05, 0) is 47.5 Å². The fourth-order valence-electron chi connectivity index (χ4n) is 4.16. The number of hydrogen-bond acceptors (Lipinski definition) is 7. The van der Waals surface area contributed by atoms with Crippen LogP contribution in [0.5, 0.6) is 17.2 Å². The number of amides is 1. The summed E-state index contributed by atoms with van der Waals surface area (Å²) < 4.78 is 21.0. The zero-order valence-corrected chi connectivity index (χ0v) is 22.5. The van der Waals surface area contributed by atoms with Crippen LogP contribution in [-0.2, 0) is 22.6 Å². The largest absolute Gasteiger partial charge is 0.496 e. The van der Waals surface area contributed by atoms with E-state index in [-0.39, 0.29) is 35.5 Å². The molecule has 0 heterocycles. The second kappa shape index (κ2) is 13.1. The SMILES string of the molecule is COC(=O)c1cc(C(=O)OC)c(C(=O)N(Cc2ccccc2)Cc2ccc(Oc3ccccc3)cc2)cc1OC. The van der Waals surface area contributed by atoms with Gasteiger partial charge >= 0.3 is 11.9 Å². The van der Waals surface area contributed by atoms with E-state index in [1.165, 1.54) is 33.5 Å². The molecule has 40 heavy (non-hydrogen) atoms. The van der Waals surface area contributed by atoms with Gasteiger partial charge < -0.3 is 23.8 Å². The molecule has 4 aromatic carbocycles. The topological polar surface area (TPSA) is 91.4 Å². The first-order valence-electron chi connectivity index (χ1n) is 12.5. The van der Waals surface area contributed by atoms with Gasteiger partial charge in [-0.25, -0.2) is 9.59 Å². The van der Waals surface area contributed by atoms with Crippen molar-refractivity contribution in [3.05, 3.63) is 125 Å². The molecule has 0 aliphatic heterocycles. The summed E-state index contributed by atoms with van der Waals surface area (Å²) in [5.41, 5.74) is 1.72. The van der Waals surface area contributed by atoms with Crippen molar-refractivity contribution in [2.24, 2.45) is 0 Å². The second-order valence-corrected chi connectivity index (χ2v) is 8.79. The van der Waals surface area contributed by atoms with Crippen molar-refractivity contribution in [2.45, 2.75) is 13.1 Å². The standard InChI is InChI=1S/C32H29NO7/c1-37-29-19-26(27(31(35)38-2)18-28(29)32(36)39-3)30(34)33(20-22-10-6-4-7-11-22)21-23-14-16-25(17-15-23)40-24-12-8-5-9-13-24/h4-19H,20-21H2,1-3H3. The highest BCUT2D eigenvalue weighted by Gasteiger charge is 2.27. The molecule has 0 aromatic heterocycles. The van der Waals surface area contributed by atoms with Crippen molar-refractivity contribution in [1.29, 1.82) is 0 Å². The van der Waals surface area contributed by atoms with E-state index in [2.05, 4.69) is 0 Å². The highest BCUT2D eigenvalue weighted by Crippen LogP contribution is 2.28. The summed E-state index contributed by atoms with van der Waals surface area (Å²) in [5.74, 6) is -0.436. The first-order chi connectivity index (χ1) is 19.4. The number of carbonyl (C=O) groups is 3. The maximum Gasteiger partial charge on any atom is 0.341 e. The van der Waals surface area contributed by atoms with Crippen LogP contribution in [0.3, 0.4) is 0 Å². The molecule has 204 valence electrons. The summed E-state index contributed by atoms with van der Waals surface area (Å²) in [4.78, 5) is 40.7. The van der Waals surface area contributed by atoms with Gasteiger partial charge in [0.15, 0.2) is 0 Å². The van der Waals surface area contributed by atoms with Crippen LogP contribution in [0.2, 0.25) is 0 Å². The Morgan fingerprint density at radius 2 is 1.12 bits per heavy atom. The van der Waals surface area contributed by atoms with E-state index >= 15 is 0 Å². The van der Waals surface area contributed by atoms with Crippen LogP contribution < -0.4 is 9.47 Å². The lowest BCUT2D eigenvalue weighted by atomic mass is 10.0. The lowest BCUT2D eigenvalue weighted by Crippen LogP contribution is -2.31. The molecule has 8 nitrogen and oxygen atoms in total. The van der Waals surface area contributed by atoms with Crippen molar-refractivity contribution in [2.75, 3.05) is 21.3 Å². The minimum Gasteiger partial charge on any atom is -0.496 e. The van der Waals surface area contributed by atoms with Gasteiger partial charge in [-0.15, -0.1) is 0 Å². The fraction of sp³-hybridized carbons (Fsp3) is 0.156. The number of nitrogens with zero attached hydrogens (tertiary/aromatic N) is 1. The second-order valence-electron chi connectivity index (χ2n) is 8.79. The van der Waals surface area contributed by atoms with E-state index in [1.807, 2.05) is 84.9 Å². The highest BCUT2D eigenvalue weighted by molar-refractivity contribution is 6.08. The number of ether oxygens (including phenoxy) is 4. The van der Waals surface area contributed by atoms with Crippen molar-refractivity contribution in [3.8, 4) is 17.2 Å². The quantitative estimate of drug-likeness (QED) is 0.232. The Morgan fingerprint density at radius 1 is 0.600 bits per heavy atom. The Labute approximate surface area is 232 Å². The third-order valence-electron chi connectivity index (χ3n) is 6.16. The zero-order valence-electron chi connectivity index (χ0n) is 22.5. The molecule has 0 N–H and O–H groups in total. The van der Waals surface area contributed by atoms with Gasteiger partial charge in [0, 0.05) is 13.1 Å². The third-order valence-corrected chi connectivity index (χ3v) is 6.16. The van der Waals surface area contributed by atoms with E-state index < -0.39 is 17.8 Å². The third kappa shape index (κ3) is 6.66. The molecule has 0 aliphatic rings. The summed E-state index contributed by atoms with van der Waals surface area (Å²) in [7, 11) is 3.80. The normalized spacial score (nSPS) is 10.4. The molecule has 0 saturated heterocycles. The summed E-state index contributed by atoms with van der Waals surface area (Å²) in [6.07, 6.45) is 0. The van der Waals surface area contributed by atoms with Crippen LogP contribution in [0.1, 0.15) is 42.2 Å². The smallest absolute Gasteiger partial charge is 0.341 e. The first-order valence-corrected chi connectivity index (χ1v) is 12.5. The fourth-order valence-corrected chi connectivity index (χ4v) is 4.16. The van der Waals surface area contributed by atoms with Gasteiger partial charge in [0.1, 0.15) is 22.8 Å². The number of esters is 2. The number of methoxy groups -OCH3 is 3. The molecule has 0 spiro atoms. The van der Waals surface area contributed by atoms with Gasteiger partial charge in [0.05, 0.1) is 32.5 Å². The van der Waals surface area contributed by atoms with Gasteiger partial charge in [-0.3, -0.25) is 4.79 Å². The number of rotatable bonds is 10. The molecule has 0 bridgehead atoms. The summed E-state index contributed by atoms with van der Waals surface area (Å²) in [6.45, 7) is 0.505. The maximum atomic E-state index is 14.0. The minimum atomic E-state index is -0.766. The van der Waals surface area contributed by atoms with Crippen molar-refractivity contribution >= 4 is 17.8 Å². The molecule has 4 aromatic rings. The number of carbonyl (C=O) groups excluding carboxylic acids is 3. The van der Waals surface area contributed by atoms with Gasteiger partial charge in [-0.1, -0.05) is 60.7 Å². The average molecular weight is 540 g/mol. The van der Waals surface area contributed by atoms with Crippen molar-refractivity contribution in [1.82, 2.24) is 4.90 Å². The Kier molecular flexibility index (Phi) is 9.15. The number of benzene rings is 4. The van der Waals surface area contributed by atoms with Crippen LogP contribution in [-0.4, -0.2) is 44.1 Å². The van der Waals surface area contributed by atoms with Gasteiger partial charge in [-0.2, -0.15) is 0 Å². The maximum absolute atomic E-state index is 14.0. The Morgan fingerprint density at radius 3 is 1.70 bits per heavy atom. The lowest BCUT2D eigenvalue weighted by molar-refractivity contribution is 0.0585. The Balaban J connectivity index is 1.69. The molecule has 0 atom stereocenters. The van der Waals surface area contributed by atoms with Crippen LogP contribution >= 0.6 is 0 Å². The zero-order chi connectivity index (χ0) is 28.5. The summed E-state index contributed by atoms with van der Waals surface area (Å²) in [5, 5.41) is 0. The molecule has 0 saturated carbocycles. The first kappa shape index (κ1) is 27.9. The molecule has 4 rings (SSSR count). The molecular formula is C32H29NO7. The number of hydrogen-bond donors (Lipinski definition) is 0. The molecule has 0 unspecified atom stereocenters. The molecule has 1 amide bonds. The minimum absolute atomic E-state index is 0.00515. The van der Waals surface area contributed by atoms with Crippen LogP contribution in [0.25, 0.3) is 0 Å². The van der Waals surface area contributed by atoms with Crippen molar-refractivity contribution in [3.63, 3.8) is 0 Å². The van der Waals surface area contributed by atoms with E-state index in [4.69, 9.17) is 18.9 Å². The van der Waals surface area contributed by atoms with Crippen LogP contribution in [0, 0.1) is 0 Å². The molecule has 0 fully saturated rings. The molecule has 0 radical (unpaired) electrons. The van der Waals surface area contributed by atoms with Crippen LogP contribution in [0.4, 0.5) is 0 Å². The molecular weight excluding hydrogens is 510 g/mol. The monoisotopic (exact) mass is 539 g/mol. The lowest BCUT2D eigenvalue weighted by Gasteiger charge is -2.25. The van der Waals surface area contributed by atoms with E-state index in [9.17, 15) is 14.4 Å². The predicted molar refractivity (Wildman–Crippen MR) is 149 cm³/mol. The van der Waals surface area contributed by atoms with Gasteiger partial charge in [0.25, 0.3) is 5.91 Å². The molecule has 0 aliphatic carbocycles. The number of para-hydroxylation sites is 1. The molecule has 8 heteroatoms. The average Bonchev–Trinajstić information content (AvgIpc) is 3.00. The summed E-state index contributed by atoms with van der Waals surface area (Å²) >= 11 is 0. The van der Waals surface area contributed by atoms with Gasteiger partial charge in [0.2, 0.25) is 0 Å². The Bertz CT molecular complexity index is 1470. The summed E-state index contributed by atoms with van der Waals surface area (Å²) in [6, 6.07) is 29.0. The van der Waals surface area contributed by atoms with E-state index in [1.54, 1.807) is 4.90 Å². The van der Waals surface area contributed by atoms with E-state index in [0.717, 1.165) is 16.9 Å². The van der Waals surface area contributed by atoms with Crippen LogP contribution in [0.15, 0.2) is 97.1 Å².